The standard InChI is InChI=1S/C7H10FN5O/c1-10-5(14)3-11-6-4(8)2-12-7(9)13-6/h2H,3H2,1H3,(H,10,14)(H3,9,11,12,13). The van der Waals surface area contributed by atoms with Gasteiger partial charge in [0.2, 0.25) is 11.9 Å². The molecule has 0 aliphatic heterocycles. The molecule has 4 N–H and O–H groups in total. The number of nitrogens with zero attached hydrogens (tertiary/aromatic N) is 2. The molecule has 0 spiro atoms. The summed E-state index contributed by atoms with van der Waals surface area (Å²) >= 11 is 0. The number of hydrogen-bond donors (Lipinski definition) is 3. The lowest BCUT2D eigenvalue weighted by atomic mass is 10.5. The molecule has 6 nitrogen and oxygen atoms in total. The molecule has 0 aliphatic carbocycles. The molecule has 0 fully saturated rings. The van der Waals surface area contributed by atoms with E-state index in [1.807, 2.05) is 0 Å². The number of halogens is 1. The third-order valence-electron chi connectivity index (χ3n) is 1.46. The second-order valence-electron chi connectivity index (χ2n) is 2.45. The monoisotopic (exact) mass is 199 g/mol. The highest BCUT2D eigenvalue weighted by Gasteiger charge is 2.06. The Balaban J connectivity index is 2.66. The predicted octanol–water partition coefficient (Wildman–Crippen LogP) is -0.644. The molecule has 0 saturated carbocycles. The van der Waals surface area contributed by atoms with Crippen LogP contribution in [0.1, 0.15) is 0 Å². The van der Waals surface area contributed by atoms with Crippen LogP contribution in [0, 0.1) is 5.82 Å². The van der Waals surface area contributed by atoms with E-state index in [2.05, 4.69) is 20.6 Å². The number of aromatic nitrogens is 2. The average molecular weight is 199 g/mol. The fourth-order valence-corrected chi connectivity index (χ4v) is 0.757. The van der Waals surface area contributed by atoms with Crippen LogP contribution in [0.15, 0.2) is 6.20 Å². The van der Waals surface area contributed by atoms with Crippen molar-refractivity contribution in [1.29, 1.82) is 0 Å². The van der Waals surface area contributed by atoms with Gasteiger partial charge in [-0.1, -0.05) is 0 Å². The van der Waals surface area contributed by atoms with Gasteiger partial charge in [-0.2, -0.15) is 4.98 Å². The van der Waals surface area contributed by atoms with Crippen molar-refractivity contribution < 1.29 is 9.18 Å². The normalized spacial score (nSPS) is 9.57. The van der Waals surface area contributed by atoms with Crippen LogP contribution < -0.4 is 16.4 Å². The number of nitrogen functional groups attached to an aromatic ring is 1. The van der Waals surface area contributed by atoms with Crippen LogP contribution >= 0.6 is 0 Å². The Kier molecular flexibility index (Phi) is 3.16. The zero-order valence-electron chi connectivity index (χ0n) is 7.54. The number of nitrogens with one attached hydrogen (secondary N) is 2. The average Bonchev–Trinajstić information content (AvgIpc) is 2.19. The quantitative estimate of drug-likeness (QED) is 0.601. The lowest BCUT2D eigenvalue weighted by Crippen LogP contribution is -2.26. The molecule has 7 heteroatoms. The van der Waals surface area contributed by atoms with Crippen molar-refractivity contribution in [1.82, 2.24) is 15.3 Å². The van der Waals surface area contributed by atoms with Crippen molar-refractivity contribution in [3.05, 3.63) is 12.0 Å². The van der Waals surface area contributed by atoms with Crippen LogP contribution in [0.3, 0.4) is 0 Å². The molecular formula is C7H10FN5O. The number of likely N-dealkylation sites (N-methyl/N-ethyl adjacent to an activating group) is 1. The number of anilines is 2. The molecule has 1 amide bonds. The Morgan fingerprint density at radius 2 is 2.43 bits per heavy atom. The minimum absolute atomic E-state index is 0.0502. The molecule has 1 heterocycles. The first-order valence-corrected chi connectivity index (χ1v) is 3.86. The zero-order valence-corrected chi connectivity index (χ0v) is 7.54. The maximum atomic E-state index is 12.9. The first kappa shape index (κ1) is 10.2. The molecule has 0 saturated heterocycles. The minimum Gasteiger partial charge on any atom is -0.368 e. The first-order chi connectivity index (χ1) is 6.63. The lowest BCUT2D eigenvalue weighted by Gasteiger charge is -2.05. The van der Waals surface area contributed by atoms with Gasteiger partial charge in [0.05, 0.1) is 12.7 Å². The van der Waals surface area contributed by atoms with Crippen molar-refractivity contribution in [2.24, 2.45) is 0 Å². The summed E-state index contributed by atoms with van der Waals surface area (Å²) in [7, 11) is 1.48. The molecule has 0 bridgehead atoms. The Morgan fingerprint density at radius 3 is 3.07 bits per heavy atom. The highest BCUT2D eigenvalue weighted by molar-refractivity contribution is 5.80. The predicted molar refractivity (Wildman–Crippen MR) is 49.0 cm³/mol. The summed E-state index contributed by atoms with van der Waals surface area (Å²) in [4.78, 5) is 17.8. The van der Waals surface area contributed by atoms with Crippen LogP contribution in [-0.2, 0) is 4.79 Å². The minimum atomic E-state index is -0.650. The maximum Gasteiger partial charge on any atom is 0.239 e. The number of nitrogens with two attached hydrogens (primary N) is 1. The Morgan fingerprint density at radius 1 is 1.71 bits per heavy atom. The fourth-order valence-electron chi connectivity index (χ4n) is 0.757. The SMILES string of the molecule is CNC(=O)CNc1nc(N)ncc1F. The third-order valence-corrected chi connectivity index (χ3v) is 1.46. The van der Waals surface area contributed by atoms with Crippen molar-refractivity contribution in [2.75, 3.05) is 24.6 Å². The van der Waals surface area contributed by atoms with Gasteiger partial charge in [-0.05, 0) is 0 Å². The Labute approximate surface area is 79.7 Å². The van der Waals surface area contributed by atoms with Gasteiger partial charge in [0, 0.05) is 7.05 Å². The largest absolute Gasteiger partial charge is 0.368 e. The summed E-state index contributed by atoms with van der Waals surface area (Å²) in [5, 5.41) is 4.86. The number of rotatable bonds is 3. The summed E-state index contributed by atoms with van der Waals surface area (Å²) in [5.41, 5.74) is 5.24. The van der Waals surface area contributed by atoms with Crippen LogP contribution in [-0.4, -0.2) is 29.5 Å². The number of carbonyl (C=O) groups is 1. The van der Waals surface area contributed by atoms with Crippen molar-refractivity contribution in [3.8, 4) is 0 Å². The molecule has 1 aromatic heterocycles. The summed E-state index contributed by atoms with van der Waals surface area (Å²) in [6.07, 6.45) is 0.939. The molecule has 1 aromatic rings. The van der Waals surface area contributed by atoms with Crippen molar-refractivity contribution in [3.63, 3.8) is 0 Å². The van der Waals surface area contributed by atoms with Gasteiger partial charge in [0.15, 0.2) is 11.6 Å². The Hall–Kier alpha value is -1.92. The second-order valence-corrected chi connectivity index (χ2v) is 2.45. The van der Waals surface area contributed by atoms with Gasteiger partial charge in [0.25, 0.3) is 0 Å². The van der Waals surface area contributed by atoms with Crippen LogP contribution in [0.4, 0.5) is 16.2 Å². The molecule has 76 valence electrons. The van der Waals surface area contributed by atoms with Gasteiger partial charge in [-0.3, -0.25) is 4.79 Å². The van der Waals surface area contributed by atoms with Gasteiger partial charge >= 0.3 is 0 Å². The molecule has 0 atom stereocenters. The van der Waals surface area contributed by atoms with E-state index in [0.29, 0.717) is 0 Å². The van der Waals surface area contributed by atoms with Crippen LogP contribution in [0.2, 0.25) is 0 Å². The van der Waals surface area contributed by atoms with Gasteiger partial charge < -0.3 is 16.4 Å². The van der Waals surface area contributed by atoms with Gasteiger partial charge in [0.1, 0.15) is 0 Å². The number of carbonyl (C=O) groups excluding carboxylic acids is 1. The summed E-state index contributed by atoms with van der Waals surface area (Å²) in [6, 6.07) is 0. The smallest absolute Gasteiger partial charge is 0.239 e. The third kappa shape index (κ3) is 2.54. The second kappa shape index (κ2) is 4.35. The summed E-state index contributed by atoms with van der Waals surface area (Å²) in [5.74, 6) is -1.06. The van der Waals surface area contributed by atoms with E-state index in [9.17, 15) is 9.18 Å². The van der Waals surface area contributed by atoms with E-state index >= 15 is 0 Å². The van der Waals surface area contributed by atoms with E-state index in [-0.39, 0.29) is 24.2 Å². The van der Waals surface area contributed by atoms with Crippen molar-refractivity contribution in [2.45, 2.75) is 0 Å². The molecule has 0 radical (unpaired) electrons. The van der Waals surface area contributed by atoms with E-state index in [1.165, 1.54) is 7.05 Å². The van der Waals surface area contributed by atoms with Crippen molar-refractivity contribution >= 4 is 17.7 Å². The molecular weight excluding hydrogens is 189 g/mol. The van der Waals surface area contributed by atoms with E-state index < -0.39 is 5.82 Å². The first-order valence-electron chi connectivity index (χ1n) is 3.86. The highest BCUT2D eigenvalue weighted by Crippen LogP contribution is 2.08. The van der Waals surface area contributed by atoms with Crippen LogP contribution in [0.5, 0.6) is 0 Å². The molecule has 0 unspecified atom stereocenters. The van der Waals surface area contributed by atoms with Crippen LogP contribution in [0.25, 0.3) is 0 Å². The zero-order chi connectivity index (χ0) is 10.6. The van der Waals surface area contributed by atoms with E-state index in [4.69, 9.17) is 5.73 Å². The number of hydrogen-bond acceptors (Lipinski definition) is 5. The van der Waals surface area contributed by atoms with Gasteiger partial charge in [-0.15, -0.1) is 0 Å². The highest BCUT2D eigenvalue weighted by atomic mass is 19.1. The maximum absolute atomic E-state index is 12.9. The number of amides is 1. The summed E-state index contributed by atoms with van der Waals surface area (Å²) in [6.45, 7) is -0.0656. The Bertz CT molecular complexity index is 343. The molecule has 14 heavy (non-hydrogen) atoms. The van der Waals surface area contributed by atoms with Gasteiger partial charge in [-0.25, -0.2) is 9.37 Å². The lowest BCUT2D eigenvalue weighted by molar-refractivity contribution is -0.118. The fraction of sp³-hybridized carbons (Fsp3) is 0.286. The summed E-state index contributed by atoms with van der Waals surface area (Å²) < 4.78 is 12.9. The molecule has 0 aromatic carbocycles. The van der Waals surface area contributed by atoms with E-state index in [0.717, 1.165) is 6.20 Å². The van der Waals surface area contributed by atoms with E-state index in [1.54, 1.807) is 0 Å². The topological polar surface area (TPSA) is 92.9 Å². The molecule has 1 rings (SSSR count). The molecule has 0 aliphatic rings.